The summed E-state index contributed by atoms with van der Waals surface area (Å²) in [6.45, 7) is 1.65. The highest BCUT2D eigenvalue weighted by Crippen LogP contribution is 2.58. The first kappa shape index (κ1) is 30.5. The van der Waals surface area contributed by atoms with Crippen LogP contribution in [0.25, 0.3) is 11.1 Å². The maximum Gasteiger partial charge on any atom is 0.435 e. The molecule has 0 fully saturated rings. The molecule has 3 aromatic rings. The number of alkyl halides is 6. The van der Waals surface area contributed by atoms with Crippen LogP contribution in [0.1, 0.15) is 48.9 Å². The summed E-state index contributed by atoms with van der Waals surface area (Å²) in [6, 6.07) is 16.0. The van der Waals surface area contributed by atoms with E-state index < -0.39 is 48.8 Å². The summed E-state index contributed by atoms with van der Waals surface area (Å²) >= 11 is 0. The van der Waals surface area contributed by atoms with Crippen molar-refractivity contribution in [3.63, 3.8) is 0 Å². The molecule has 2 atom stereocenters. The van der Waals surface area contributed by atoms with Gasteiger partial charge in [0.15, 0.2) is 5.60 Å². The molecular weight excluding hydrogens is 526 g/mol. The average molecular weight is 557 g/mol. The van der Waals surface area contributed by atoms with Crippen LogP contribution in [0, 0.1) is 0 Å². The van der Waals surface area contributed by atoms with Gasteiger partial charge in [-0.1, -0.05) is 74.9 Å². The lowest BCUT2D eigenvalue weighted by atomic mass is 9.73. The molecule has 0 saturated heterocycles. The first-order valence-corrected chi connectivity index (χ1v) is 12.4. The lowest BCUT2D eigenvalue weighted by Gasteiger charge is -2.47. The number of hydrogen-bond acceptors (Lipinski definition) is 4. The number of rotatable bonds is 11. The molecule has 212 valence electrons. The van der Waals surface area contributed by atoms with E-state index in [1.165, 1.54) is 19.1 Å². The second-order valence-electron chi connectivity index (χ2n) is 9.18. The standard InChI is InChI=1S/C29H30F6O4/c1-3-15-26(27(30,28(31,32)33)29(34,35)38,22-14-13-20(17-36)21(16-22)18-37)39-25-12-8-11-24(23(25)4-2)19-9-6-5-7-10-19/h5-14,16,36-38H,3-4,15,17-18H2,1-2H3. The van der Waals surface area contributed by atoms with Crippen LogP contribution in [0.4, 0.5) is 26.3 Å². The second-order valence-corrected chi connectivity index (χ2v) is 9.18. The molecule has 4 nitrogen and oxygen atoms in total. The number of aliphatic hydroxyl groups excluding tert-OH is 2. The molecule has 0 saturated carbocycles. The molecule has 0 spiro atoms. The van der Waals surface area contributed by atoms with Gasteiger partial charge in [0.05, 0.1) is 13.2 Å². The Morgan fingerprint density at radius 1 is 0.769 bits per heavy atom. The Balaban J connectivity index is 2.43. The fourth-order valence-corrected chi connectivity index (χ4v) is 4.97. The van der Waals surface area contributed by atoms with E-state index in [4.69, 9.17) is 4.74 Å². The van der Waals surface area contributed by atoms with E-state index in [2.05, 4.69) is 0 Å². The molecule has 0 amide bonds. The van der Waals surface area contributed by atoms with Gasteiger partial charge in [0.2, 0.25) is 0 Å². The quantitative estimate of drug-likeness (QED) is 0.227. The number of aliphatic hydroxyl groups is 3. The molecule has 2 unspecified atom stereocenters. The van der Waals surface area contributed by atoms with Crippen molar-refractivity contribution in [2.45, 2.75) is 69.9 Å². The molecule has 3 aromatic carbocycles. The Hall–Kier alpha value is -3.08. The molecule has 0 heterocycles. The van der Waals surface area contributed by atoms with Gasteiger partial charge in [0.1, 0.15) is 5.75 Å². The average Bonchev–Trinajstić information content (AvgIpc) is 2.90. The maximum absolute atomic E-state index is 16.4. The topological polar surface area (TPSA) is 69.9 Å². The molecule has 0 radical (unpaired) electrons. The summed E-state index contributed by atoms with van der Waals surface area (Å²) in [7, 11) is 0. The third-order valence-electron chi connectivity index (χ3n) is 6.83. The van der Waals surface area contributed by atoms with Crippen molar-refractivity contribution >= 4 is 0 Å². The van der Waals surface area contributed by atoms with Crippen LogP contribution in [-0.2, 0) is 25.2 Å². The third-order valence-corrected chi connectivity index (χ3v) is 6.83. The fraction of sp³-hybridized carbons (Fsp3) is 0.379. The zero-order valence-electron chi connectivity index (χ0n) is 21.4. The lowest BCUT2D eigenvalue weighted by Crippen LogP contribution is -2.69. The Bertz CT molecular complexity index is 1240. The van der Waals surface area contributed by atoms with Crippen molar-refractivity contribution in [3.05, 3.63) is 89.0 Å². The van der Waals surface area contributed by atoms with E-state index in [0.29, 0.717) is 16.7 Å². The minimum atomic E-state index is -6.31. The first-order valence-electron chi connectivity index (χ1n) is 12.4. The van der Waals surface area contributed by atoms with Crippen LogP contribution in [0.15, 0.2) is 66.7 Å². The van der Waals surface area contributed by atoms with Gasteiger partial charge in [-0.05, 0) is 52.8 Å². The van der Waals surface area contributed by atoms with Gasteiger partial charge in [-0.3, -0.25) is 0 Å². The lowest BCUT2D eigenvalue weighted by molar-refractivity contribution is -0.409. The zero-order valence-corrected chi connectivity index (χ0v) is 21.4. The van der Waals surface area contributed by atoms with E-state index in [1.54, 1.807) is 43.3 Å². The summed E-state index contributed by atoms with van der Waals surface area (Å²) in [6.07, 6.45) is -13.2. The largest absolute Gasteiger partial charge is 0.478 e. The van der Waals surface area contributed by atoms with Gasteiger partial charge < -0.3 is 20.1 Å². The van der Waals surface area contributed by atoms with Crippen molar-refractivity contribution in [3.8, 4) is 16.9 Å². The van der Waals surface area contributed by atoms with E-state index in [0.717, 1.165) is 18.2 Å². The summed E-state index contributed by atoms with van der Waals surface area (Å²) in [5.74, 6) is -0.278. The van der Waals surface area contributed by atoms with E-state index in [1.807, 2.05) is 0 Å². The van der Waals surface area contributed by atoms with Crippen molar-refractivity contribution in [1.82, 2.24) is 0 Å². The minimum Gasteiger partial charge on any atom is -0.478 e. The zero-order chi connectivity index (χ0) is 29.1. The molecular formula is C29H30F6O4. The fourth-order valence-electron chi connectivity index (χ4n) is 4.97. The molecule has 0 aromatic heterocycles. The highest BCUT2D eigenvalue weighted by Gasteiger charge is 2.82. The first-order chi connectivity index (χ1) is 18.3. The van der Waals surface area contributed by atoms with Crippen LogP contribution < -0.4 is 4.74 Å². The summed E-state index contributed by atoms with van der Waals surface area (Å²) in [5, 5.41) is 28.9. The molecule has 10 heteroatoms. The van der Waals surface area contributed by atoms with Crippen LogP contribution in [0.3, 0.4) is 0 Å². The van der Waals surface area contributed by atoms with Gasteiger partial charge in [-0.25, -0.2) is 4.39 Å². The van der Waals surface area contributed by atoms with Crippen LogP contribution in [0.5, 0.6) is 5.75 Å². The monoisotopic (exact) mass is 556 g/mol. The van der Waals surface area contributed by atoms with Crippen molar-refractivity contribution in [2.24, 2.45) is 0 Å². The summed E-state index contributed by atoms with van der Waals surface area (Å²) in [5.41, 5.74) is -8.28. The molecule has 3 rings (SSSR count). The Morgan fingerprint density at radius 2 is 1.41 bits per heavy atom. The van der Waals surface area contributed by atoms with Crippen LogP contribution >= 0.6 is 0 Å². The number of ether oxygens (including phenoxy) is 1. The van der Waals surface area contributed by atoms with Gasteiger partial charge in [-0.15, -0.1) is 0 Å². The van der Waals surface area contributed by atoms with E-state index >= 15 is 4.39 Å². The predicted molar refractivity (Wildman–Crippen MR) is 134 cm³/mol. The van der Waals surface area contributed by atoms with Gasteiger partial charge >= 0.3 is 18.0 Å². The number of hydrogen-bond donors (Lipinski definition) is 3. The minimum absolute atomic E-state index is 0.0965. The number of halogens is 6. The molecule has 39 heavy (non-hydrogen) atoms. The Labute approximate surface area is 222 Å². The van der Waals surface area contributed by atoms with E-state index in [9.17, 15) is 37.3 Å². The Kier molecular flexibility index (Phi) is 9.04. The Morgan fingerprint density at radius 3 is 1.92 bits per heavy atom. The predicted octanol–water partition coefficient (Wildman–Crippen LogP) is 6.83. The van der Waals surface area contributed by atoms with Gasteiger partial charge in [-0.2, -0.15) is 22.0 Å². The smallest absolute Gasteiger partial charge is 0.435 e. The maximum atomic E-state index is 16.4. The summed E-state index contributed by atoms with van der Waals surface area (Å²) < 4.78 is 94.9. The number of benzene rings is 3. The molecule has 3 N–H and O–H groups in total. The van der Waals surface area contributed by atoms with Crippen molar-refractivity contribution in [2.75, 3.05) is 0 Å². The second kappa shape index (κ2) is 11.6. The highest BCUT2D eigenvalue weighted by molar-refractivity contribution is 5.70. The van der Waals surface area contributed by atoms with Gasteiger partial charge in [0, 0.05) is 5.56 Å². The van der Waals surface area contributed by atoms with Crippen LogP contribution in [0.2, 0.25) is 0 Å². The molecule has 0 bridgehead atoms. The van der Waals surface area contributed by atoms with Gasteiger partial charge in [0.25, 0.3) is 0 Å². The van der Waals surface area contributed by atoms with Crippen molar-refractivity contribution < 1.29 is 46.4 Å². The van der Waals surface area contributed by atoms with Crippen LogP contribution in [-0.4, -0.2) is 33.3 Å². The third kappa shape index (κ3) is 5.37. The normalized spacial score (nSPS) is 15.5. The molecule has 0 aliphatic rings. The van der Waals surface area contributed by atoms with Crippen molar-refractivity contribution in [1.29, 1.82) is 0 Å². The summed E-state index contributed by atoms with van der Waals surface area (Å²) in [4.78, 5) is 0. The highest BCUT2D eigenvalue weighted by atomic mass is 19.4. The SMILES string of the molecule is CCCC(Oc1cccc(-c2ccccc2)c1CC)(c1ccc(CO)c(CO)c1)C(F)(C(O)(F)F)C(F)(F)F. The molecule has 0 aliphatic heterocycles. The van der Waals surface area contributed by atoms with E-state index in [-0.39, 0.29) is 29.7 Å². The molecule has 0 aliphatic carbocycles.